The van der Waals surface area contributed by atoms with Crippen LogP contribution >= 0.6 is 0 Å². The second kappa shape index (κ2) is 20.6. The Labute approximate surface area is 520 Å². The van der Waals surface area contributed by atoms with Crippen LogP contribution in [0.3, 0.4) is 0 Å². The van der Waals surface area contributed by atoms with Gasteiger partial charge in [0.2, 0.25) is 0 Å². The molecule has 0 fully saturated rings. The lowest BCUT2D eigenvalue weighted by atomic mass is 9.93. The summed E-state index contributed by atoms with van der Waals surface area (Å²) in [4.78, 5) is 0. The van der Waals surface area contributed by atoms with Crippen LogP contribution in [0, 0.1) is 11.3 Å². The van der Waals surface area contributed by atoms with E-state index in [0.29, 0.717) is 5.56 Å². The second-order valence-corrected chi connectivity index (χ2v) is 23.7. The molecule has 17 aromatic rings. The molecular weight excluding hydrogens is 1090 g/mol. The van der Waals surface area contributed by atoms with Gasteiger partial charge in [-0.25, -0.2) is 0 Å². The summed E-state index contributed by atoms with van der Waals surface area (Å²) in [5, 5.41) is 21.0. The molecule has 0 saturated carbocycles. The zero-order chi connectivity index (χ0) is 59.4. The molecule has 90 heavy (non-hydrogen) atoms. The highest BCUT2D eigenvalue weighted by molar-refractivity contribution is 6.17. The Morgan fingerprint density at radius 3 is 0.967 bits per heavy atom. The number of aryl methyl sites for hydroxylation is 1. The number of rotatable bonds is 9. The Morgan fingerprint density at radius 2 is 0.578 bits per heavy atom. The molecule has 0 unspecified atom stereocenters. The summed E-state index contributed by atoms with van der Waals surface area (Å²) < 4.78 is 9.92. The van der Waals surface area contributed by atoms with Crippen molar-refractivity contribution in [2.75, 3.05) is 0 Å². The summed E-state index contributed by atoms with van der Waals surface area (Å²) in [6.45, 7) is 0. The van der Waals surface area contributed by atoms with Crippen LogP contribution in [0.5, 0.6) is 0 Å². The molecule has 0 spiro atoms. The molecule has 0 amide bonds. The van der Waals surface area contributed by atoms with Crippen molar-refractivity contribution >= 4 is 82.4 Å². The molecule has 4 aromatic heterocycles. The van der Waals surface area contributed by atoms with Crippen LogP contribution in [-0.4, -0.2) is 18.3 Å². The van der Waals surface area contributed by atoms with Crippen LogP contribution in [0.4, 0.5) is 0 Å². The van der Waals surface area contributed by atoms with Gasteiger partial charge >= 0.3 is 0 Å². The Bertz CT molecular complexity index is 5570. The Balaban J connectivity index is 1.12. The van der Waals surface area contributed by atoms with E-state index in [-0.39, 0.29) is 0 Å². The minimum absolute atomic E-state index is 0.544. The Kier molecular flexibility index (Phi) is 11.7. The molecule has 0 N–H and O–H groups in total. The van der Waals surface area contributed by atoms with Crippen molar-refractivity contribution in [3.05, 3.63) is 320 Å². The van der Waals surface area contributed by atoms with Gasteiger partial charge < -0.3 is 18.3 Å². The fourth-order valence-corrected chi connectivity index (χ4v) is 14.9. The monoisotopic (exact) mass is 1150 g/mol. The van der Waals surface area contributed by atoms with Gasteiger partial charge in [0.1, 0.15) is 11.6 Å². The van der Waals surface area contributed by atoms with Gasteiger partial charge in [-0.3, -0.25) is 0 Å². The van der Waals surface area contributed by atoms with Crippen molar-refractivity contribution in [2.24, 2.45) is 0 Å². The van der Waals surface area contributed by atoms with E-state index in [9.17, 15) is 5.26 Å². The maximum absolute atomic E-state index is 13.2. The van der Waals surface area contributed by atoms with Crippen molar-refractivity contribution in [2.45, 2.75) is 12.8 Å². The number of nitrogens with zero attached hydrogens (tertiary/aromatic N) is 5. The lowest BCUT2D eigenvalue weighted by Crippen LogP contribution is -2.17. The molecule has 420 valence electrons. The molecule has 4 heterocycles. The zero-order valence-electron chi connectivity index (χ0n) is 49.1. The maximum atomic E-state index is 13.2. The number of fused-ring (bicyclic) bond motifs is 12. The molecule has 5 nitrogen and oxygen atoms in total. The third kappa shape index (κ3) is 7.81. The van der Waals surface area contributed by atoms with Gasteiger partial charge in [-0.2, -0.15) is 5.26 Å². The van der Waals surface area contributed by atoms with Crippen LogP contribution in [0.15, 0.2) is 303 Å². The fourth-order valence-electron chi connectivity index (χ4n) is 14.9. The first-order valence-corrected chi connectivity index (χ1v) is 31.0. The smallest absolute Gasteiger partial charge is 0.104 e. The molecule has 1 aliphatic rings. The summed E-state index contributed by atoms with van der Waals surface area (Å²) in [6.07, 6.45) is 6.42. The van der Waals surface area contributed by atoms with Gasteiger partial charge in [-0.05, 0) is 141 Å². The lowest BCUT2D eigenvalue weighted by molar-refractivity contribution is 0.956. The summed E-state index contributed by atoms with van der Waals surface area (Å²) in [6, 6.07) is 111. The highest BCUT2D eigenvalue weighted by Gasteiger charge is 2.36. The van der Waals surface area contributed by atoms with Gasteiger partial charge in [0.15, 0.2) is 0 Å². The summed E-state index contributed by atoms with van der Waals surface area (Å²) in [5.74, 6) is 0. The van der Waals surface area contributed by atoms with E-state index in [1.165, 1.54) is 10.9 Å². The molecular formula is C85H55N5. The predicted octanol–water partition coefficient (Wildman–Crippen LogP) is 22.1. The molecule has 18 rings (SSSR count). The fraction of sp³-hybridized carbons (Fsp3) is 0.0235. The van der Waals surface area contributed by atoms with Gasteiger partial charge in [0.05, 0.1) is 61.4 Å². The third-order valence-electron chi connectivity index (χ3n) is 18.9. The van der Waals surface area contributed by atoms with Crippen molar-refractivity contribution < 1.29 is 0 Å². The standard InChI is InChI=1S/C85H55N5/c86-54-72-82(87-73-38-20-16-34-64(73)65-35-17-21-39-74(65)87)84(89-77-46-42-60(55-24-6-1-7-25-55)50-68(77)69-51-61(43-47-78(69)89)56-26-8-2-9-27-56)81(59-32-14-5-15-33-59)85(83(72)88-75-40-22-18-36-66(75)67-37-19-23-41-76(67)88)90-79-48-44-62(57-28-10-3-11-29-57)52-70(79)71-53-63(45-49-80(71)90)58-30-12-4-13-31-58/h1-18,20-36,38-53H,19,37H2. The molecule has 0 saturated heterocycles. The van der Waals surface area contributed by atoms with E-state index in [1.54, 1.807) is 0 Å². The Morgan fingerprint density at radius 1 is 0.267 bits per heavy atom. The minimum atomic E-state index is 0.544. The molecule has 0 radical (unpaired) electrons. The number of benzene rings is 13. The van der Waals surface area contributed by atoms with Gasteiger partial charge in [-0.1, -0.05) is 237 Å². The molecule has 13 aromatic carbocycles. The van der Waals surface area contributed by atoms with Crippen LogP contribution in [-0.2, 0) is 6.42 Å². The van der Waals surface area contributed by atoms with Crippen LogP contribution in [0.1, 0.15) is 23.2 Å². The predicted molar refractivity (Wildman–Crippen MR) is 376 cm³/mol. The largest absolute Gasteiger partial charge is 0.306 e. The summed E-state index contributed by atoms with van der Waals surface area (Å²) in [7, 11) is 0. The van der Waals surface area contributed by atoms with Crippen LogP contribution in [0.25, 0.3) is 161 Å². The van der Waals surface area contributed by atoms with Crippen molar-refractivity contribution in [3.63, 3.8) is 0 Å². The van der Waals surface area contributed by atoms with E-state index < -0.39 is 0 Å². The van der Waals surface area contributed by atoms with Crippen LogP contribution in [0.2, 0.25) is 0 Å². The van der Waals surface area contributed by atoms with Gasteiger partial charge in [-0.15, -0.1) is 0 Å². The van der Waals surface area contributed by atoms with Gasteiger partial charge in [0.25, 0.3) is 0 Å². The zero-order valence-corrected chi connectivity index (χ0v) is 49.1. The number of allylic oxidation sites excluding steroid dienone is 1. The molecule has 1 aliphatic carbocycles. The minimum Gasteiger partial charge on any atom is -0.306 e. The molecule has 0 atom stereocenters. The number of hydrogen-bond donors (Lipinski definition) is 0. The number of hydrogen-bond acceptors (Lipinski definition) is 1. The van der Waals surface area contributed by atoms with Crippen LogP contribution < -0.4 is 0 Å². The normalized spacial score (nSPS) is 12.3. The van der Waals surface area contributed by atoms with E-state index in [2.05, 4.69) is 334 Å². The van der Waals surface area contributed by atoms with E-state index in [4.69, 9.17) is 0 Å². The first kappa shape index (κ1) is 51.3. The maximum Gasteiger partial charge on any atom is 0.104 e. The highest BCUT2D eigenvalue weighted by Crippen LogP contribution is 2.53. The average molecular weight is 1150 g/mol. The van der Waals surface area contributed by atoms with Crippen molar-refractivity contribution in [1.82, 2.24) is 18.3 Å². The number of aromatic nitrogens is 4. The molecule has 0 bridgehead atoms. The number of para-hydroxylation sites is 3. The highest BCUT2D eigenvalue weighted by atomic mass is 15.1. The number of nitriles is 1. The van der Waals surface area contributed by atoms with E-state index >= 15 is 0 Å². The second-order valence-electron chi connectivity index (χ2n) is 23.7. The first-order valence-electron chi connectivity index (χ1n) is 31.0. The molecule has 0 aliphatic heterocycles. The third-order valence-corrected chi connectivity index (χ3v) is 18.9. The lowest BCUT2D eigenvalue weighted by Gasteiger charge is -2.29. The quantitative estimate of drug-likeness (QED) is 0.142. The SMILES string of the molecule is N#Cc1c(-n2c3c(c4ccccc42)CCC=C3)c(-n2c3ccc(-c4ccccc4)cc3c3cc(-c4ccccc4)ccc32)c(-c2ccccc2)c(-n2c3ccc(-c4ccccc4)cc3c3cc(-c4ccccc4)ccc32)c1-n1c2ccccc2c2ccccc21. The summed E-state index contributed by atoms with van der Waals surface area (Å²) >= 11 is 0. The van der Waals surface area contributed by atoms with E-state index in [1.807, 2.05) is 0 Å². The molecule has 5 heteroatoms. The van der Waals surface area contributed by atoms with Gasteiger partial charge in [0, 0.05) is 49.0 Å². The first-order chi connectivity index (χ1) is 44.7. The van der Waals surface area contributed by atoms with E-state index in [0.717, 1.165) is 168 Å². The Hall–Kier alpha value is -12.0. The van der Waals surface area contributed by atoms with Crippen molar-refractivity contribution in [1.29, 1.82) is 5.26 Å². The average Bonchev–Trinajstić information content (AvgIpc) is 1.46. The van der Waals surface area contributed by atoms with Crippen molar-refractivity contribution in [3.8, 4) is 84.5 Å². The topological polar surface area (TPSA) is 43.5 Å². The summed E-state index contributed by atoms with van der Waals surface area (Å²) in [5.41, 5.74) is 24.5.